The molecule has 3 aromatic rings. The SMILES string of the molecule is COC(=O)C(C)(Cc1ccccc1)OC(=O)c1cc(-c2ccc(C(F)(F)F)cc2Cl)ccc1[N+](=O)[O-]. The molecular formula is C25H19ClF3NO6. The van der Waals surface area contributed by atoms with Gasteiger partial charge in [0.25, 0.3) is 5.69 Å². The van der Waals surface area contributed by atoms with E-state index in [-0.39, 0.29) is 22.6 Å². The summed E-state index contributed by atoms with van der Waals surface area (Å²) in [7, 11) is 1.11. The topological polar surface area (TPSA) is 95.7 Å². The van der Waals surface area contributed by atoms with Gasteiger partial charge in [0.15, 0.2) is 0 Å². The Hall–Kier alpha value is -3.92. The van der Waals surface area contributed by atoms with E-state index in [0.29, 0.717) is 11.6 Å². The average Bonchev–Trinajstić information content (AvgIpc) is 2.82. The van der Waals surface area contributed by atoms with Gasteiger partial charge in [-0.15, -0.1) is 0 Å². The Balaban J connectivity index is 2.03. The van der Waals surface area contributed by atoms with Crippen LogP contribution in [0.4, 0.5) is 18.9 Å². The summed E-state index contributed by atoms with van der Waals surface area (Å²) >= 11 is 6.05. The van der Waals surface area contributed by atoms with Gasteiger partial charge in [0, 0.05) is 23.1 Å². The molecule has 11 heteroatoms. The van der Waals surface area contributed by atoms with Gasteiger partial charge in [-0.05, 0) is 42.3 Å². The van der Waals surface area contributed by atoms with Crippen molar-refractivity contribution in [3.05, 3.63) is 98.6 Å². The fourth-order valence-corrected chi connectivity index (χ4v) is 3.85. The van der Waals surface area contributed by atoms with Crippen LogP contribution in [-0.2, 0) is 26.9 Å². The Morgan fingerprint density at radius 1 is 1.03 bits per heavy atom. The molecule has 0 aliphatic rings. The molecule has 1 atom stereocenters. The van der Waals surface area contributed by atoms with Crippen molar-refractivity contribution in [3.8, 4) is 11.1 Å². The van der Waals surface area contributed by atoms with Gasteiger partial charge in [-0.25, -0.2) is 9.59 Å². The van der Waals surface area contributed by atoms with E-state index < -0.39 is 45.5 Å². The lowest BCUT2D eigenvalue weighted by Gasteiger charge is -2.27. The van der Waals surface area contributed by atoms with E-state index in [4.69, 9.17) is 21.1 Å². The summed E-state index contributed by atoms with van der Waals surface area (Å²) in [6.45, 7) is 1.31. The van der Waals surface area contributed by atoms with Crippen LogP contribution in [0, 0.1) is 10.1 Å². The fourth-order valence-electron chi connectivity index (χ4n) is 3.56. The first kappa shape index (κ1) is 26.7. The molecule has 0 aliphatic carbocycles. The minimum atomic E-state index is -4.62. The van der Waals surface area contributed by atoms with E-state index in [9.17, 15) is 32.9 Å². The molecule has 36 heavy (non-hydrogen) atoms. The monoisotopic (exact) mass is 521 g/mol. The van der Waals surface area contributed by atoms with Crippen LogP contribution >= 0.6 is 11.6 Å². The number of hydrogen-bond donors (Lipinski definition) is 0. The Morgan fingerprint density at radius 2 is 1.69 bits per heavy atom. The minimum absolute atomic E-state index is 0.0789. The summed E-state index contributed by atoms with van der Waals surface area (Å²) in [5.41, 5.74) is -3.08. The first-order valence-corrected chi connectivity index (χ1v) is 10.7. The van der Waals surface area contributed by atoms with E-state index >= 15 is 0 Å². The van der Waals surface area contributed by atoms with E-state index in [1.807, 2.05) is 0 Å². The predicted octanol–water partition coefficient (Wildman–Crippen LogP) is 6.27. The molecule has 0 radical (unpaired) electrons. The summed E-state index contributed by atoms with van der Waals surface area (Å²) in [4.78, 5) is 36.4. The van der Waals surface area contributed by atoms with Gasteiger partial charge in [0.05, 0.1) is 17.6 Å². The van der Waals surface area contributed by atoms with Crippen LogP contribution in [0.5, 0.6) is 0 Å². The number of methoxy groups -OCH3 is 1. The van der Waals surface area contributed by atoms with Crippen LogP contribution in [0.2, 0.25) is 5.02 Å². The second-order valence-corrected chi connectivity index (χ2v) is 8.36. The predicted molar refractivity (Wildman–Crippen MR) is 125 cm³/mol. The van der Waals surface area contributed by atoms with Gasteiger partial charge < -0.3 is 9.47 Å². The number of nitro groups is 1. The van der Waals surface area contributed by atoms with Crippen LogP contribution in [0.1, 0.15) is 28.4 Å². The number of carbonyl (C=O) groups excluding carboxylic acids is 2. The third-order valence-corrected chi connectivity index (χ3v) is 5.65. The van der Waals surface area contributed by atoms with Gasteiger partial charge in [0.2, 0.25) is 5.60 Å². The lowest BCUT2D eigenvalue weighted by atomic mass is 9.95. The van der Waals surface area contributed by atoms with Crippen molar-refractivity contribution in [2.45, 2.75) is 25.1 Å². The van der Waals surface area contributed by atoms with Crippen molar-refractivity contribution in [2.24, 2.45) is 0 Å². The molecule has 0 heterocycles. The molecular weight excluding hydrogens is 503 g/mol. The molecule has 0 fully saturated rings. The molecule has 188 valence electrons. The number of alkyl halides is 3. The summed E-state index contributed by atoms with van der Waals surface area (Å²) in [6.07, 6.45) is -4.70. The first-order valence-electron chi connectivity index (χ1n) is 10.4. The lowest BCUT2D eigenvalue weighted by molar-refractivity contribution is -0.385. The molecule has 0 spiro atoms. The molecule has 0 amide bonds. The van der Waals surface area contributed by atoms with Crippen LogP contribution < -0.4 is 0 Å². The van der Waals surface area contributed by atoms with Crippen molar-refractivity contribution >= 4 is 29.2 Å². The van der Waals surface area contributed by atoms with E-state index in [2.05, 4.69) is 0 Å². The maximum absolute atomic E-state index is 13.1. The maximum atomic E-state index is 13.1. The summed E-state index contributed by atoms with van der Waals surface area (Å²) in [6, 6.07) is 14.5. The third kappa shape index (κ3) is 5.83. The molecule has 0 aromatic heterocycles. The number of rotatable bonds is 7. The van der Waals surface area contributed by atoms with Gasteiger partial charge in [-0.2, -0.15) is 13.2 Å². The van der Waals surface area contributed by atoms with Crippen molar-refractivity contribution in [1.29, 1.82) is 0 Å². The molecule has 3 rings (SSSR count). The average molecular weight is 522 g/mol. The van der Waals surface area contributed by atoms with Crippen LogP contribution in [0.25, 0.3) is 11.1 Å². The van der Waals surface area contributed by atoms with Crippen molar-refractivity contribution in [2.75, 3.05) is 7.11 Å². The highest BCUT2D eigenvalue weighted by molar-refractivity contribution is 6.33. The van der Waals surface area contributed by atoms with Crippen LogP contribution in [-0.4, -0.2) is 29.6 Å². The van der Waals surface area contributed by atoms with Crippen molar-refractivity contribution in [3.63, 3.8) is 0 Å². The van der Waals surface area contributed by atoms with Crippen LogP contribution in [0.15, 0.2) is 66.7 Å². The second kappa shape index (κ2) is 10.4. The van der Waals surface area contributed by atoms with Gasteiger partial charge in [0.1, 0.15) is 5.56 Å². The number of hydrogen-bond acceptors (Lipinski definition) is 6. The van der Waals surface area contributed by atoms with E-state index in [1.165, 1.54) is 13.0 Å². The highest BCUT2D eigenvalue weighted by Gasteiger charge is 2.40. The third-order valence-electron chi connectivity index (χ3n) is 5.34. The fraction of sp³-hybridized carbons (Fsp3) is 0.200. The van der Waals surface area contributed by atoms with Crippen molar-refractivity contribution < 1.29 is 37.2 Å². The molecule has 0 N–H and O–H groups in total. The number of benzene rings is 3. The Labute approximate surface area is 208 Å². The maximum Gasteiger partial charge on any atom is 0.416 e. The molecule has 0 bridgehead atoms. The van der Waals surface area contributed by atoms with E-state index in [0.717, 1.165) is 31.4 Å². The summed E-state index contributed by atoms with van der Waals surface area (Å²) < 4.78 is 49.2. The summed E-state index contributed by atoms with van der Waals surface area (Å²) in [5, 5.41) is 11.3. The first-order chi connectivity index (χ1) is 16.9. The normalized spacial score (nSPS) is 12.9. The number of carbonyl (C=O) groups is 2. The molecule has 0 aliphatic heterocycles. The highest BCUT2D eigenvalue weighted by atomic mass is 35.5. The lowest BCUT2D eigenvalue weighted by Crippen LogP contribution is -2.43. The zero-order valence-electron chi connectivity index (χ0n) is 19.0. The number of nitro benzene ring substituents is 1. The quantitative estimate of drug-likeness (QED) is 0.207. The zero-order valence-corrected chi connectivity index (χ0v) is 19.7. The Morgan fingerprint density at radius 3 is 2.25 bits per heavy atom. The van der Waals surface area contributed by atoms with Gasteiger partial charge in [-0.1, -0.05) is 48.0 Å². The zero-order chi connectivity index (χ0) is 26.7. The number of ether oxygens (including phenoxy) is 2. The highest BCUT2D eigenvalue weighted by Crippen LogP contribution is 2.37. The standard InChI is InChI=1S/C25H19ClF3NO6/c1-24(23(32)35-2,14-15-6-4-3-5-7-15)36-22(31)19-12-16(8-11-21(19)30(33)34)18-10-9-17(13-20(18)26)25(27,28)29/h3-13H,14H2,1-2H3. The Kier molecular flexibility index (Phi) is 7.68. The Bertz CT molecular complexity index is 1310. The molecule has 7 nitrogen and oxygen atoms in total. The van der Waals surface area contributed by atoms with Crippen molar-refractivity contribution in [1.82, 2.24) is 0 Å². The smallest absolute Gasteiger partial charge is 0.416 e. The van der Waals surface area contributed by atoms with Gasteiger partial charge >= 0.3 is 18.1 Å². The summed E-state index contributed by atoms with van der Waals surface area (Å²) in [5.74, 6) is -2.08. The van der Waals surface area contributed by atoms with Gasteiger partial charge in [-0.3, -0.25) is 10.1 Å². The molecule has 1 unspecified atom stereocenters. The number of halogens is 4. The number of esters is 2. The molecule has 0 saturated heterocycles. The second-order valence-electron chi connectivity index (χ2n) is 7.96. The molecule has 3 aromatic carbocycles. The number of nitrogens with zero attached hydrogens (tertiary/aromatic N) is 1. The largest absolute Gasteiger partial charge is 0.466 e. The van der Waals surface area contributed by atoms with E-state index in [1.54, 1.807) is 30.3 Å². The minimum Gasteiger partial charge on any atom is -0.466 e. The van der Waals surface area contributed by atoms with Crippen LogP contribution in [0.3, 0.4) is 0 Å². The molecule has 0 saturated carbocycles.